The Morgan fingerprint density at radius 3 is 2.61 bits per heavy atom. The fourth-order valence-electron chi connectivity index (χ4n) is 1.93. The summed E-state index contributed by atoms with van der Waals surface area (Å²) in [6.45, 7) is 3.45. The van der Waals surface area contributed by atoms with Crippen molar-refractivity contribution in [1.29, 1.82) is 0 Å². The Labute approximate surface area is 109 Å². The summed E-state index contributed by atoms with van der Waals surface area (Å²) in [5.74, 6) is 1.36. The predicted molar refractivity (Wildman–Crippen MR) is 71.4 cm³/mol. The lowest BCUT2D eigenvalue weighted by Gasteiger charge is -2.24. The first kappa shape index (κ1) is 12.9. The van der Waals surface area contributed by atoms with Crippen LogP contribution in [0.15, 0.2) is 24.3 Å². The van der Waals surface area contributed by atoms with E-state index in [2.05, 4.69) is 12.2 Å². The van der Waals surface area contributed by atoms with E-state index in [9.17, 15) is 4.79 Å². The Balaban J connectivity index is 1.76. The number of ether oxygens (including phenoxy) is 1. The van der Waals surface area contributed by atoms with Gasteiger partial charge in [0.25, 0.3) is 0 Å². The largest absolute Gasteiger partial charge is 0.494 e. The molecule has 18 heavy (non-hydrogen) atoms. The van der Waals surface area contributed by atoms with Gasteiger partial charge in [0, 0.05) is 12.5 Å². The summed E-state index contributed by atoms with van der Waals surface area (Å²) >= 11 is 0. The van der Waals surface area contributed by atoms with Gasteiger partial charge in [-0.1, -0.05) is 25.5 Å². The number of nitrogens with one attached hydrogen (secondary N) is 1. The number of hydrogen-bond acceptors (Lipinski definition) is 2. The quantitative estimate of drug-likeness (QED) is 0.839. The first-order valence-electron chi connectivity index (χ1n) is 6.79. The molecule has 0 radical (unpaired) electrons. The maximum absolute atomic E-state index is 11.7. The summed E-state index contributed by atoms with van der Waals surface area (Å²) in [4.78, 5) is 11.7. The topological polar surface area (TPSA) is 38.3 Å². The lowest BCUT2D eigenvalue weighted by molar-refractivity contribution is -0.127. The smallest absolute Gasteiger partial charge is 0.223 e. The lowest BCUT2D eigenvalue weighted by atomic mass is 9.85. The minimum atomic E-state index is 0.201. The highest BCUT2D eigenvalue weighted by molar-refractivity contribution is 5.79. The maximum Gasteiger partial charge on any atom is 0.223 e. The number of amides is 1. The number of rotatable bonds is 6. The van der Waals surface area contributed by atoms with Crippen molar-refractivity contribution in [3.05, 3.63) is 29.8 Å². The molecule has 0 heterocycles. The molecule has 0 unspecified atom stereocenters. The lowest BCUT2D eigenvalue weighted by Crippen LogP contribution is -2.33. The van der Waals surface area contributed by atoms with Gasteiger partial charge in [0.2, 0.25) is 5.91 Å². The van der Waals surface area contributed by atoms with Crippen LogP contribution in [0.3, 0.4) is 0 Å². The molecule has 0 bridgehead atoms. The van der Waals surface area contributed by atoms with Crippen LogP contribution in [-0.4, -0.2) is 12.5 Å². The molecule has 0 aliphatic heterocycles. The van der Waals surface area contributed by atoms with Gasteiger partial charge in [-0.25, -0.2) is 0 Å². The van der Waals surface area contributed by atoms with Crippen LogP contribution in [0.4, 0.5) is 0 Å². The number of carbonyl (C=O) groups excluding carboxylic acids is 1. The predicted octanol–water partition coefficient (Wildman–Crippen LogP) is 2.89. The summed E-state index contributed by atoms with van der Waals surface area (Å²) in [6, 6.07) is 7.93. The van der Waals surface area contributed by atoms with Crippen molar-refractivity contribution in [2.75, 3.05) is 6.61 Å². The summed E-state index contributed by atoms with van der Waals surface area (Å²) in [6.07, 6.45) is 4.31. The van der Waals surface area contributed by atoms with E-state index < -0.39 is 0 Å². The Kier molecular flexibility index (Phi) is 4.62. The van der Waals surface area contributed by atoms with Crippen LogP contribution in [0.5, 0.6) is 5.75 Å². The van der Waals surface area contributed by atoms with Crippen molar-refractivity contribution in [3.63, 3.8) is 0 Å². The Morgan fingerprint density at radius 1 is 1.33 bits per heavy atom. The molecule has 0 saturated heterocycles. The SMILES string of the molecule is CCCOc1ccc(CNC(=O)C2CCC2)cc1. The van der Waals surface area contributed by atoms with Crippen LogP contribution in [0.1, 0.15) is 38.2 Å². The Hall–Kier alpha value is -1.51. The second-order valence-electron chi connectivity index (χ2n) is 4.84. The minimum Gasteiger partial charge on any atom is -0.494 e. The summed E-state index contributed by atoms with van der Waals surface area (Å²) in [5.41, 5.74) is 1.12. The van der Waals surface area contributed by atoms with Crippen LogP contribution in [0.25, 0.3) is 0 Å². The molecule has 1 aliphatic carbocycles. The standard InChI is InChI=1S/C15H21NO2/c1-2-10-18-14-8-6-12(7-9-14)11-16-15(17)13-4-3-5-13/h6-9,13H,2-5,10-11H2,1H3,(H,16,17). The first-order valence-corrected chi connectivity index (χ1v) is 6.79. The molecule has 98 valence electrons. The molecule has 1 fully saturated rings. The van der Waals surface area contributed by atoms with Crippen LogP contribution < -0.4 is 10.1 Å². The van der Waals surface area contributed by atoms with Crippen LogP contribution in [0.2, 0.25) is 0 Å². The molecule has 1 aliphatic rings. The van der Waals surface area contributed by atoms with Crippen molar-refractivity contribution in [3.8, 4) is 5.75 Å². The highest BCUT2D eigenvalue weighted by Gasteiger charge is 2.24. The van der Waals surface area contributed by atoms with Crippen molar-refractivity contribution in [1.82, 2.24) is 5.32 Å². The maximum atomic E-state index is 11.7. The Morgan fingerprint density at radius 2 is 2.06 bits per heavy atom. The summed E-state index contributed by atoms with van der Waals surface area (Å²) in [7, 11) is 0. The van der Waals surface area contributed by atoms with Gasteiger partial charge in [0.1, 0.15) is 5.75 Å². The molecule has 1 saturated carbocycles. The van der Waals surface area contributed by atoms with E-state index in [0.29, 0.717) is 6.54 Å². The number of hydrogen-bond donors (Lipinski definition) is 1. The molecular weight excluding hydrogens is 226 g/mol. The molecule has 1 aromatic rings. The molecule has 0 spiro atoms. The second-order valence-corrected chi connectivity index (χ2v) is 4.84. The molecular formula is C15H21NO2. The van der Waals surface area contributed by atoms with Gasteiger partial charge in [0.05, 0.1) is 6.61 Å². The van der Waals surface area contributed by atoms with Gasteiger partial charge in [-0.3, -0.25) is 4.79 Å². The van der Waals surface area contributed by atoms with Gasteiger partial charge >= 0.3 is 0 Å². The third kappa shape index (κ3) is 3.49. The average Bonchev–Trinajstić information content (AvgIpc) is 2.33. The van der Waals surface area contributed by atoms with Crippen LogP contribution >= 0.6 is 0 Å². The zero-order valence-electron chi connectivity index (χ0n) is 10.9. The van der Waals surface area contributed by atoms with Gasteiger partial charge in [-0.2, -0.15) is 0 Å². The molecule has 0 aromatic heterocycles. The van der Waals surface area contributed by atoms with Gasteiger partial charge in [0.15, 0.2) is 0 Å². The molecule has 3 nitrogen and oxygen atoms in total. The Bertz CT molecular complexity index is 382. The van der Waals surface area contributed by atoms with Gasteiger partial charge in [-0.15, -0.1) is 0 Å². The fraction of sp³-hybridized carbons (Fsp3) is 0.533. The number of carbonyl (C=O) groups is 1. The molecule has 1 N–H and O–H groups in total. The molecule has 1 aromatic carbocycles. The van der Waals surface area contributed by atoms with E-state index in [1.54, 1.807) is 0 Å². The third-order valence-electron chi connectivity index (χ3n) is 3.34. The normalized spacial score (nSPS) is 14.9. The highest BCUT2D eigenvalue weighted by atomic mass is 16.5. The van der Waals surface area contributed by atoms with Crippen molar-refractivity contribution >= 4 is 5.91 Å². The first-order chi connectivity index (χ1) is 8.79. The monoisotopic (exact) mass is 247 g/mol. The zero-order valence-corrected chi connectivity index (χ0v) is 10.9. The van der Waals surface area contributed by atoms with E-state index in [1.165, 1.54) is 6.42 Å². The van der Waals surface area contributed by atoms with Crippen molar-refractivity contribution in [2.24, 2.45) is 5.92 Å². The van der Waals surface area contributed by atoms with Crippen LogP contribution in [0, 0.1) is 5.92 Å². The second kappa shape index (κ2) is 6.43. The highest BCUT2D eigenvalue weighted by Crippen LogP contribution is 2.26. The molecule has 1 amide bonds. The van der Waals surface area contributed by atoms with E-state index in [0.717, 1.165) is 37.2 Å². The number of benzene rings is 1. The van der Waals surface area contributed by atoms with E-state index >= 15 is 0 Å². The fourth-order valence-corrected chi connectivity index (χ4v) is 1.93. The molecule has 0 atom stereocenters. The summed E-state index contributed by atoms with van der Waals surface area (Å²) < 4.78 is 5.51. The average molecular weight is 247 g/mol. The summed E-state index contributed by atoms with van der Waals surface area (Å²) in [5, 5.41) is 2.98. The third-order valence-corrected chi connectivity index (χ3v) is 3.34. The molecule has 2 rings (SSSR count). The zero-order chi connectivity index (χ0) is 12.8. The van der Waals surface area contributed by atoms with Gasteiger partial charge in [-0.05, 0) is 37.0 Å². The minimum absolute atomic E-state index is 0.201. The van der Waals surface area contributed by atoms with E-state index in [-0.39, 0.29) is 11.8 Å². The molecule has 3 heteroatoms. The van der Waals surface area contributed by atoms with Crippen molar-refractivity contribution in [2.45, 2.75) is 39.2 Å². The van der Waals surface area contributed by atoms with E-state index in [4.69, 9.17) is 4.74 Å². The van der Waals surface area contributed by atoms with E-state index in [1.807, 2.05) is 24.3 Å². The van der Waals surface area contributed by atoms with Crippen molar-refractivity contribution < 1.29 is 9.53 Å². The van der Waals surface area contributed by atoms with Gasteiger partial charge < -0.3 is 10.1 Å². The van der Waals surface area contributed by atoms with Crippen LogP contribution in [-0.2, 0) is 11.3 Å².